The summed E-state index contributed by atoms with van der Waals surface area (Å²) in [4.78, 5) is 4.07. The Morgan fingerprint density at radius 3 is 2.74 bits per heavy atom. The molecule has 0 radical (unpaired) electrons. The molecule has 0 aromatic heterocycles. The second-order valence-electron chi connectivity index (χ2n) is 3.80. The average molecular weight is 373 g/mol. The Hall–Kier alpha value is -1.42. The van der Waals surface area contributed by atoms with Gasteiger partial charge in [0, 0.05) is 19.2 Å². The number of aliphatic imine (C=N–C) groups is 1. The topological polar surface area (TPSA) is 45.7 Å². The van der Waals surface area contributed by atoms with Gasteiger partial charge in [-0.25, -0.2) is 0 Å². The van der Waals surface area contributed by atoms with Gasteiger partial charge in [0.1, 0.15) is 5.75 Å². The largest absolute Gasteiger partial charge is 0.496 e. The first-order valence-corrected chi connectivity index (χ1v) is 5.72. The third-order valence-electron chi connectivity index (χ3n) is 2.47. The smallest absolute Gasteiger partial charge is 0.192 e. The van der Waals surface area contributed by atoms with E-state index in [9.17, 15) is 0 Å². The summed E-state index contributed by atoms with van der Waals surface area (Å²) in [6, 6.07) is 6.10. The van der Waals surface area contributed by atoms with Crippen molar-refractivity contribution in [3.8, 4) is 18.1 Å². The number of methoxy groups -OCH3 is 1. The van der Waals surface area contributed by atoms with Crippen molar-refractivity contribution < 1.29 is 4.74 Å². The van der Waals surface area contributed by atoms with Crippen LogP contribution in [0.5, 0.6) is 5.75 Å². The number of halogens is 1. The molecule has 0 atom stereocenters. The highest BCUT2D eigenvalue weighted by atomic mass is 127. The molecular formula is C14H20IN3O. The summed E-state index contributed by atoms with van der Waals surface area (Å²) < 4.78 is 5.34. The maximum atomic E-state index is 5.34. The van der Waals surface area contributed by atoms with E-state index in [-0.39, 0.29) is 24.0 Å². The molecule has 5 heteroatoms. The van der Waals surface area contributed by atoms with Gasteiger partial charge < -0.3 is 15.4 Å². The van der Waals surface area contributed by atoms with Crippen LogP contribution >= 0.6 is 24.0 Å². The van der Waals surface area contributed by atoms with Gasteiger partial charge in [-0.1, -0.05) is 18.1 Å². The minimum atomic E-state index is 0. The number of ether oxygens (including phenoxy) is 1. The fourth-order valence-electron chi connectivity index (χ4n) is 1.53. The summed E-state index contributed by atoms with van der Waals surface area (Å²) in [5.41, 5.74) is 2.25. The van der Waals surface area contributed by atoms with Crippen LogP contribution in [-0.2, 0) is 6.54 Å². The number of hydrogen-bond donors (Lipinski definition) is 2. The number of guanidine groups is 1. The van der Waals surface area contributed by atoms with Crippen molar-refractivity contribution in [1.82, 2.24) is 10.6 Å². The summed E-state index contributed by atoms with van der Waals surface area (Å²) in [5.74, 6) is 4.05. The van der Waals surface area contributed by atoms with Gasteiger partial charge in [-0.05, 0) is 18.6 Å². The molecular weight excluding hydrogens is 353 g/mol. The first kappa shape index (κ1) is 17.6. The number of rotatable bonds is 4. The molecule has 0 aliphatic carbocycles. The highest BCUT2D eigenvalue weighted by Gasteiger charge is 2.04. The molecule has 0 amide bonds. The molecule has 4 nitrogen and oxygen atoms in total. The van der Waals surface area contributed by atoms with Crippen LogP contribution in [0.2, 0.25) is 0 Å². The summed E-state index contributed by atoms with van der Waals surface area (Å²) in [6.45, 7) is 3.12. The molecule has 0 unspecified atom stereocenters. The highest BCUT2D eigenvalue weighted by Crippen LogP contribution is 2.19. The van der Waals surface area contributed by atoms with Gasteiger partial charge in [-0.15, -0.1) is 30.4 Å². The standard InChI is InChI=1S/C14H19N3O.HI/c1-5-8-16-14(15-3)17-10-12-7-6-11(2)9-13(12)18-4;/h1,6-7,9H,8,10H2,2-4H3,(H2,15,16,17);1H. The highest BCUT2D eigenvalue weighted by molar-refractivity contribution is 14.0. The van der Waals surface area contributed by atoms with Crippen LogP contribution in [0.4, 0.5) is 0 Å². The summed E-state index contributed by atoms with van der Waals surface area (Å²) in [5, 5.41) is 6.18. The van der Waals surface area contributed by atoms with Crippen molar-refractivity contribution in [3.05, 3.63) is 29.3 Å². The molecule has 104 valence electrons. The molecule has 0 aliphatic rings. The molecule has 19 heavy (non-hydrogen) atoms. The number of nitrogens with zero attached hydrogens (tertiary/aromatic N) is 1. The van der Waals surface area contributed by atoms with Crippen LogP contribution in [0.25, 0.3) is 0 Å². The third kappa shape index (κ3) is 5.83. The Morgan fingerprint density at radius 2 is 2.16 bits per heavy atom. The lowest BCUT2D eigenvalue weighted by Crippen LogP contribution is -2.36. The fraction of sp³-hybridized carbons (Fsp3) is 0.357. The van der Waals surface area contributed by atoms with Gasteiger partial charge in [0.05, 0.1) is 13.7 Å². The number of benzene rings is 1. The van der Waals surface area contributed by atoms with Crippen molar-refractivity contribution in [2.24, 2.45) is 4.99 Å². The van der Waals surface area contributed by atoms with Crippen molar-refractivity contribution >= 4 is 29.9 Å². The maximum Gasteiger partial charge on any atom is 0.192 e. The van der Waals surface area contributed by atoms with E-state index in [4.69, 9.17) is 11.2 Å². The molecule has 0 bridgehead atoms. The predicted molar refractivity (Wildman–Crippen MR) is 90.2 cm³/mol. The number of aryl methyl sites for hydroxylation is 1. The summed E-state index contributed by atoms with van der Waals surface area (Å²) >= 11 is 0. The lowest BCUT2D eigenvalue weighted by molar-refractivity contribution is 0.408. The van der Waals surface area contributed by atoms with Crippen LogP contribution in [0.1, 0.15) is 11.1 Å². The zero-order chi connectivity index (χ0) is 13.4. The Balaban J connectivity index is 0.00000324. The molecule has 0 heterocycles. The molecule has 0 spiro atoms. The van der Waals surface area contributed by atoms with Gasteiger partial charge in [-0.3, -0.25) is 4.99 Å². The Morgan fingerprint density at radius 1 is 1.42 bits per heavy atom. The van der Waals surface area contributed by atoms with Crippen molar-refractivity contribution in [2.75, 3.05) is 20.7 Å². The van der Waals surface area contributed by atoms with Gasteiger partial charge in [-0.2, -0.15) is 0 Å². The molecule has 0 fully saturated rings. The van der Waals surface area contributed by atoms with E-state index in [0.717, 1.165) is 11.3 Å². The van der Waals surface area contributed by atoms with Crippen LogP contribution < -0.4 is 15.4 Å². The lowest BCUT2D eigenvalue weighted by atomic mass is 10.1. The van der Waals surface area contributed by atoms with E-state index >= 15 is 0 Å². The van der Waals surface area contributed by atoms with Crippen molar-refractivity contribution in [1.29, 1.82) is 0 Å². The number of hydrogen-bond acceptors (Lipinski definition) is 2. The van der Waals surface area contributed by atoms with Crippen LogP contribution in [-0.4, -0.2) is 26.7 Å². The van der Waals surface area contributed by atoms with E-state index in [1.807, 2.05) is 19.1 Å². The molecule has 1 aromatic carbocycles. The minimum Gasteiger partial charge on any atom is -0.496 e. The van der Waals surface area contributed by atoms with E-state index in [1.165, 1.54) is 5.56 Å². The summed E-state index contributed by atoms with van der Waals surface area (Å²) in [6.07, 6.45) is 5.19. The molecule has 0 saturated heterocycles. The Bertz CT molecular complexity index is 466. The molecule has 1 aromatic rings. The van der Waals surface area contributed by atoms with E-state index < -0.39 is 0 Å². The number of terminal acetylenes is 1. The van der Waals surface area contributed by atoms with Crippen LogP contribution in [0.3, 0.4) is 0 Å². The van der Waals surface area contributed by atoms with Gasteiger partial charge >= 0.3 is 0 Å². The average Bonchev–Trinajstić information content (AvgIpc) is 2.40. The zero-order valence-electron chi connectivity index (χ0n) is 11.5. The van der Waals surface area contributed by atoms with Crippen molar-refractivity contribution in [3.63, 3.8) is 0 Å². The van der Waals surface area contributed by atoms with E-state index in [0.29, 0.717) is 19.0 Å². The normalized spacial score (nSPS) is 10.1. The van der Waals surface area contributed by atoms with E-state index in [1.54, 1.807) is 14.2 Å². The maximum absolute atomic E-state index is 5.34. The minimum absolute atomic E-state index is 0. The lowest BCUT2D eigenvalue weighted by Gasteiger charge is -2.13. The molecule has 0 saturated carbocycles. The second kappa shape index (κ2) is 9.50. The Labute approximate surface area is 132 Å². The molecule has 2 N–H and O–H groups in total. The van der Waals surface area contributed by atoms with Crippen LogP contribution in [0.15, 0.2) is 23.2 Å². The SMILES string of the molecule is C#CCNC(=NC)NCc1ccc(C)cc1OC.I. The first-order valence-electron chi connectivity index (χ1n) is 5.72. The monoisotopic (exact) mass is 373 g/mol. The fourth-order valence-corrected chi connectivity index (χ4v) is 1.53. The van der Waals surface area contributed by atoms with Gasteiger partial charge in [0.25, 0.3) is 0 Å². The Kier molecular flexibility index (Phi) is 8.79. The van der Waals surface area contributed by atoms with Crippen LogP contribution in [0, 0.1) is 19.3 Å². The third-order valence-corrected chi connectivity index (χ3v) is 2.47. The molecule has 1 rings (SSSR count). The second-order valence-corrected chi connectivity index (χ2v) is 3.80. The van der Waals surface area contributed by atoms with Gasteiger partial charge in [0.2, 0.25) is 0 Å². The quantitative estimate of drug-likeness (QED) is 0.367. The molecule has 0 aliphatic heterocycles. The zero-order valence-corrected chi connectivity index (χ0v) is 13.8. The van der Waals surface area contributed by atoms with E-state index in [2.05, 4.69) is 27.6 Å². The van der Waals surface area contributed by atoms with Crippen molar-refractivity contribution in [2.45, 2.75) is 13.5 Å². The number of nitrogens with one attached hydrogen (secondary N) is 2. The first-order chi connectivity index (χ1) is 8.71. The predicted octanol–water partition coefficient (Wildman–Crippen LogP) is 1.92. The summed E-state index contributed by atoms with van der Waals surface area (Å²) in [7, 11) is 3.38. The van der Waals surface area contributed by atoms with Gasteiger partial charge in [0.15, 0.2) is 5.96 Å².